The normalized spacial score (nSPS) is 23.2. The molecule has 2 N–H and O–H groups in total. The molecule has 5 heteroatoms. The maximum absolute atomic E-state index is 4.83. The monoisotopic (exact) mass is 323 g/mol. The van der Waals surface area contributed by atoms with E-state index in [9.17, 15) is 0 Å². The molecule has 0 bridgehead atoms. The molecule has 134 valence electrons. The Labute approximate surface area is 142 Å². The van der Waals surface area contributed by atoms with E-state index in [0.29, 0.717) is 12.0 Å². The molecule has 0 aromatic rings. The SMILES string of the molecule is CCNC(=NCC(C)CN1CCN(CC)CC1)NC1CCCC1. The smallest absolute Gasteiger partial charge is 0.191 e. The Kier molecular flexibility index (Phi) is 8.17. The highest BCUT2D eigenvalue weighted by Gasteiger charge is 2.18. The Morgan fingerprint density at radius 1 is 1.09 bits per heavy atom. The molecular formula is C18H37N5. The summed E-state index contributed by atoms with van der Waals surface area (Å²) >= 11 is 0. The van der Waals surface area contributed by atoms with Crippen LogP contribution in [0.2, 0.25) is 0 Å². The van der Waals surface area contributed by atoms with Gasteiger partial charge in [0.1, 0.15) is 0 Å². The quantitative estimate of drug-likeness (QED) is 0.553. The highest BCUT2D eigenvalue weighted by atomic mass is 15.3. The van der Waals surface area contributed by atoms with E-state index in [-0.39, 0.29) is 0 Å². The molecule has 1 saturated carbocycles. The molecular weight excluding hydrogens is 286 g/mol. The van der Waals surface area contributed by atoms with Crippen molar-refractivity contribution in [2.45, 2.75) is 52.5 Å². The van der Waals surface area contributed by atoms with Crippen LogP contribution in [0.1, 0.15) is 46.5 Å². The Morgan fingerprint density at radius 3 is 2.35 bits per heavy atom. The van der Waals surface area contributed by atoms with Crippen molar-refractivity contribution in [3.05, 3.63) is 0 Å². The summed E-state index contributed by atoms with van der Waals surface area (Å²) in [6.07, 6.45) is 5.30. The summed E-state index contributed by atoms with van der Waals surface area (Å²) in [6.45, 7) is 15.8. The second-order valence-electron chi connectivity index (χ2n) is 7.19. The van der Waals surface area contributed by atoms with Gasteiger partial charge in [-0.25, -0.2) is 0 Å². The highest BCUT2D eigenvalue weighted by Crippen LogP contribution is 2.17. The third-order valence-electron chi connectivity index (χ3n) is 5.08. The van der Waals surface area contributed by atoms with Crippen molar-refractivity contribution in [1.29, 1.82) is 0 Å². The fourth-order valence-corrected chi connectivity index (χ4v) is 3.62. The second kappa shape index (κ2) is 10.1. The van der Waals surface area contributed by atoms with E-state index in [1.807, 2.05) is 0 Å². The molecule has 0 aromatic carbocycles. The lowest BCUT2D eigenvalue weighted by Crippen LogP contribution is -2.47. The molecule has 2 rings (SSSR count). The first-order valence-electron chi connectivity index (χ1n) is 9.70. The number of nitrogens with one attached hydrogen (secondary N) is 2. The van der Waals surface area contributed by atoms with E-state index >= 15 is 0 Å². The molecule has 0 spiro atoms. The van der Waals surface area contributed by atoms with Crippen LogP contribution in [0.5, 0.6) is 0 Å². The largest absolute Gasteiger partial charge is 0.357 e. The van der Waals surface area contributed by atoms with Gasteiger partial charge in [-0.2, -0.15) is 0 Å². The summed E-state index contributed by atoms with van der Waals surface area (Å²) in [4.78, 5) is 9.97. The Balaban J connectivity index is 1.72. The van der Waals surface area contributed by atoms with Crippen LogP contribution in [0.25, 0.3) is 0 Å². The van der Waals surface area contributed by atoms with Gasteiger partial charge in [-0.3, -0.25) is 4.99 Å². The molecule has 1 heterocycles. The summed E-state index contributed by atoms with van der Waals surface area (Å²) in [5.74, 6) is 1.63. The molecule has 0 aromatic heterocycles. The van der Waals surface area contributed by atoms with Gasteiger partial charge in [0, 0.05) is 51.9 Å². The van der Waals surface area contributed by atoms with Gasteiger partial charge in [0.05, 0.1) is 0 Å². The number of likely N-dealkylation sites (N-methyl/N-ethyl adjacent to an activating group) is 1. The fourth-order valence-electron chi connectivity index (χ4n) is 3.62. The first kappa shape index (κ1) is 18.5. The molecule has 23 heavy (non-hydrogen) atoms. The Morgan fingerprint density at radius 2 is 1.74 bits per heavy atom. The van der Waals surface area contributed by atoms with Crippen molar-refractivity contribution in [3.8, 4) is 0 Å². The van der Waals surface area contributed by atoms with Gasteiger partial charge >= 0.3 is 0 Å². The lowest BCUT2D eigenvalue weighted by atomic mass is 10.1. The van der Waals surface area contributed by atoms with Crippen molar-refractivity contribution in [2.75, 3.05) is 52.4 Å². The lowest BCUT2D eigenvalue weighted by Gasteiger charge is -2.35. The third-order valence-corrected chi connectivity index (χ3v) is 5.08. The predicted molar refractivity (Wildman–Crippen MR) is 99.1 cm³/mol. The van der Waals surface area contributed by atoms with Crippen molar-refractivity contribution in [3.63, 3.8) is 0 Å². The van der Waals surface area contributed by atoms with E-state index < -0.39 is 0 Å². The first-order valence-corrected chi connectivity index (χ1v) is 9.70. The number of piperazine rings is 1. The van der Waals surface area contributed by atoms with Crippen molar-refractivity contribution < 1.29 is 0 Å². The van der Waals surface area contributed by atoms with Crippen LogP contribution in [0.4, 0.5) is 0 Å². The molecule has 0 amide bonds. The summed E-state index contributed by atoms with van der Waals surface area (Å²) in [5, 5.41) is 7.01. The summed E-state index contributed by atoms with van der Waals surface area (Å²) < 4.78 is 0. The van der Waals surface area contributed by atoms with Gasteiger partial charge in [0.15, 0.2) is 5.96 Å². The van der Waals surface area contributed by atoms with Gasteiger partial charge < -0.3 is 20.4 Å². The zero-order chi connectivity index (χ0) is 16.5. The highest BCUT2D eigenvalue weighted by molar-refractivity contribution is 5.80. The molecule has 1 aliphatic heterocycles. The van der Waals surface area contributed by atoms with E-state index in [2.05, 4.69) is 41.2 Å². The average Bonchev–Trinajstić information content (AvgIpc) is 3.06. The minimum Gasteiger partial charge on any atom is -0.357 e. The van der Waals surface area contributed by atoms with Crippen LogP contribution in [0.15, 0.2) is 4.99 Å². The Hall–Kier alpha value is -0.810. The number of hydrogen-bond donors (Lipinski definition) is 2. The minimum absolute atomic E-state index is 0.613. The van der Waals surface area contributed by atoms with E-state index in [4.69, 9.17) is 4.99 Å². The average molecular weight is 324 g/mol. The zero-order valence-corrected chi connectivity index (χ0v) is 15.5. The molecule has 1 aliphatic carbocycles. The summed E-state index contributed by atoms with van der Waals surface area (Å²) in [5.41, 5.74) is 0. The van der Waals surface area contributed by atoms with Gasteiger partial charge in [0.25, 0.3) is 0 Å². The topological polar surface area (TPSA) is 42.9 Å². The van der Waals surface area contributed by atoms with Gasteiger partial charge in [-0.15, -0.1) is 0 Å². The van der Waals surface area contributed by atoms with E-state index in [0.717, 1.165) is 19.0 Å². The third kappa shape index (κ3) is 6.68. The summed E-state index contributed by atoms with van der Waals surface area (Å²) in [7, 11) is 0. The van der Waals surface area contributed by atoms with Crippen molar-refractivity contribution >= 4 is 5.96 Å². The summed E-state index contributed by atoms with van der Waals surface area (Å²) in [6, 6.07) is 0.630. The van der Waals surface area contributed by atoms with E-state index in [1.165, 1.54) is 65.0 Å². The number of nitrogens with zero attached hydrogens (tertiary/aromatic N) is 3. The second-order valence-corrected chi connectivity index (χ2v) is 7.19. The number of rotatable bonds is 7. The van der Waals surface area contributed by atoms with Crippen LogP contribution in [-0.2, 0) is 0 Å². The minimum atomic E-state index is 0.613. The standard InChI is InChI=1S/C18H37N5/c1-4-19-18(21-17-8-6-7-9-17)20-14-16(3)15-23-12-10-22(5-2)11-13-23/h16-17H,4-15H2,1-3H3,(H2,19,20,21). The van der Waals surface area contributed by atoms with Gasteiger partial charge in [-0.1, -0.05) is 26.7 Å². The van der Waals surface area contributed by atoms with Gasteiger partial charge in [0.2, 0.25) is 0 Å². The van der Waals surface area contributed by atoms with Crippen molar-refractivity contribution in [1.82, 2.24) is 20.4 Å². The van der Waals surface area contributed by atoms with Gasteiger partial charge in [-0.05, 0) is 32.2 Å². The molecule has 2 fully saturated rings. The number of aliphatic imine (C=N–C) groups is 1. The maximum Gasteiger partial charge on any atom is 0.191 e. The molecule has 5 nitrogen and oxygen atoms in total. The Bertz CT molecular complexity index is 343. The predicted octanol–water partition coefficient (Wildman–Crippen LogP) is 1.76. The molecule has 1 unspecified atom stereocenters. The molecule has 1 atom stereocenters. The van der Waals surface area contributed by atoms with E-state index in [1.54, 1.807) is 0 Å². The van der Waals surface area contributed by atoms with Crippen LogP contribution < -0.4 is 10.6 Å². The van der Waals surface area contributed by atoms with Crippen molar-refractivity contribution in [2.24, 2.45) is 10.9 Å². The number of hydrogen-bond acceptors (Lipinski definition) is 3. The first-order chi connectivity index (χ1) is 11.2. The molecule has 2 aliphatic rings. The lowest BCUT2D eigenvalue weighted by molar-refractivity contribution is 0.125. The van der Waals surface area contributed by atoms with Crippen LogP contribution in [0.3, 0.4) is 0 Å². The number of guanidine groups is 1. The zero-order valence-electron chi connectivity index (χ0n) is 15.5. The maximum atomic E-state index is 4.83. The van der Waals surface area contributed by atoms with Crippen LogP contribution in [0, 0.1) is 5.92 Å². The van der Waals surface area contributed by atoms with Crippen LogP contribution >= 0.6 is 0 Å². The fraction of sp³-hybridized carbons (Fsp3) is 0.944. The molecule has 0 radical (unpaired) electrons. The molecule has 1 saturated heterocycles. The van der Waals surface area contributed by atoms with Crippen LogP contribution in [-0.4, -0.2) is 74.2 Å².